The molecule has 0 saturated carbocycles. The summed E-state index contributed by atoms with van der Waals surface area (Å²) >= 11 is 0. The van der Waals surface area contributed by atoms with Crippen LogP contribution in [0.15, 0.2) is 65.8 Å². The highest BCUT2D eigenvalue weighted by molar-refractivity contribution is 7.92. The normalized spacial score (nSPS) is 13.5. The van der Waals surface area contributed by atoms with Gasteiger partial charge in [0.2, 0.25) is 5.95 Å². The summed E-state index contributed by atoms with van der Waals surface area (Å²) in [6.45, 7) is 0. The van der Waals surface area contributed by atoms with Crippen LogP contribution in [-0.4, -0.2) is 28.9 Å². The van der Waals surface area contributed by atoms with Crippen LogP contribution in [0.2, 0.25) is 0 Å². The molecule has 0 saturated heterocycles. The fourth-order valence-electron chi connectivity index (χ4n) is 4.32. The number of anilines is 2. The van der Waals surface area contributed by atoms with Crippen molar-refractivity contribution < 1.29 is 13.2 Å². The summed E-state index contributed by atoms with van der Waals surface area (Å²) < 4.78 is 29.3. The predicted octanol–water partition coefficient (Wildman–Crippen LogP) is 3.90. The fourth-order valence-corrected chi connectivity index (χ4v) is 5.28. The first-order valence-electron chi connectivity index (χ1n) is 10.7. The van der Waals surface area contributed by atoms with E-state index < -0.39 is 10.0 Å². The van der Waals surface area contributed by atoms with Crippen LogP contribution in [0.5, 0.6) is 0 Å². The van der Waals surface area contributed by atoms with Crippen molar-refractivity contribution in [2.75, 3.05) is 10.0 Å². The maximum atomic E-state index is 13.0. The SMILES string of the molecule is Cn1c(C(=O)Nc2ccc(S(=O)(=O)Nc3ncccn3)cc2)cc2c3c(ccc21)CCCC3. The average Bonchev–Trinajstić information content (AvgIpc) is 3.17. The molecule has 0 fully saturated rings. The molecule has 33 heavy (non-hydrogen) atoms. The summed E-state index contributed by atoms with van der Waals surface area (Å²) in [5.74, 6) is -0.252. The van der Waals surface area contributed by atoms with Crippen LogP contribution in [0, 0.1) is 0 Å². The Kier molecular flexibility index (Phi) is 5.33. The van der Waals surface area contributed by atoms with Crippen LogP contribution in [0.4, 0.5) is 11.6 Å². The smallest absolute Gasteiger partial charge is 0.272 e. The number of aryl methyl sites for hydroxylation is 3. The second-order valence-corrected chi connectivity index (χ2v) is 9.77. The molecule has 4 aromatic rings. The number of rotatable bonds is 5. The van der Waals surface area contributed by atoms with Crippen LogP contribution in [0.1, 0.15) is 34.5 Å². The molecule has 0 aliphatic heterocycles. The highest BCUT2D eigenvalue weighted by atomic mass is 32.2. The van der Waals surface area contributed by atoms with Gasteiger partial charge in [-0.15, -0.1) is 0 Å². The van der Waals surface area contributed by atoms with Crippen molar-refractivity contribution in [3.63, 3.8) is 0 Å². The second kappa shape index (κ2) is 8.32. The highest BCUT2D eigenvalue weighted by Crippen LogP contribution is 2.31. The molecule has 2 aromatic carbocycles. The molecule has 9 heteroatoms. The summed E-state index contributed by atoms with van der Waals surface area (Å²) in [5, 5.41) is 4.00. The van der Waals surface area contributed by atoms with Crippen molar-refractivity contribution in [3.8, 4) is 0 Å². The van der Waals surface area contributed by atoms with Gasteiger partial charge in [0.25, 0.3) is 15.9 Å². The first kappa shape index (κ1) is 21.1. The van der Waals surface area contributed by atoms with E-state index in [2.05, 4.69) is 32.1 Å². The Morgan fingerprint density at radius 2 is 1.73 bits per heavy atom. The lowest BCUT2D eigenvalue weighted by Crippen LogP contribution is -2.16. The van der Waals surface area contributed by atoms with Crippen molar-refractivity contribution in [2.24, 2.45) is 7.05 Å². The highest BCUT2D eigenvalue weighted by Gasteiger charge is 2.20. The molecular weight excluding hydrogens is 438 g/mol. The summed E-state index contributed by atoms with van der Waals surface area (Å²) in [4.78, 5) is 20.8. The molecule has 1 aliphatic rings. The Bertz CT molecular complexity index is 1450. The number of carbonyl (C=O) groups excluding carboxylic acids is 1. The van der Waals surface area contributed by atoms with Gasteiger partial charge in [0.15, 0.2) is 0 Å². The minimum Gasteiger partial charge on any atom is -0.340 e. The number of hydrogen-bond acceptors (Lipinski definition) is 5. The van der Waals surface area contributed by atoms with Crippen molar-refractivity contribution in [1.29, 1.82) is 0 Å². The zero-order chi connectivity index (χ0) is 23.0. The van der Waals surface area contributed by atoms with Gasteiger partial charge in [-0.05, 0) is 79.3 Å². The number of nitrogens with zero attached hydrogens (tertiary/aromatic N) is 3. The Labute approximate surface area is 191 Å². The van der Waals surface area contributed by atoms with E-state index in [1.807, 2.05) is 17.7 Å². The first-order chi connectivity index (χ1) is 15.9. The van der Waals surface area contributed by atoms with Gasteiger partial charge in [-0.3, -0.25) is 4.79 Å². The van der Waals surface area contributed by atoms with E-state index in [0.717, 1.165) is 23.7 Å². The monoisotopic (exact) mass is 461 g/mol. The lowest BCUT2D eigenvalue weighted by molar-refractivity contribution is 0.101. The molecule has 0 atom stereocenters. The Balaban J connectivity index is 1.36. The van der Waals surface area contributed by atoms with Crippen LogP contribution in [-0.2, 0) is 29.9 Å². The number of nitrogens with one attached hydrogen (secondary N) is 2. The topological polar surface area (TPSA) is 106 Å². The van der Waals surface area contributed by atoms with Gasteiger partial charge in [0, 0.05) is 36.0 Å². The molecule has 2 N–H and O–H groups in total. The minimum absolute atomic E-state index is 0.00663. The van der Waals surface area contributed by atoms with Crippen LogP contribution >= 0.6 is 0 Å². The molecule has 1 amide bonds. The Morgan fingerprint density at radius 1 is 1.00 bits per heavy atom. The lowest BCUT2D eigenvalue weighted by atomic mass is 9.89. The third-order valence-electron chi connectivity index (χ3n) is 6.00. The number of amides is 1. The zero-order valence-electron chi connectivity index (χ0n) is 18.1. The van der Waals surface area contributed by atoms with E-state index in [4.69, 9.17) is 0 Å². The molecule has 0 radical (unpaired) electrons. The average molecular weight is 462 g/mol. The standard InChI is InChI=1S/C24H23N5O3S/c1-29-21-12-7-16-5-2-3-6-19(16)20(21)15-22(29)23(30)27-17-8-10-18(11-9-17)33(31,32)28-24-25-13-4-14-26-24/h4,7-15H,2-3,5-6H2,1H3,(H,27,30)(H,25,26,28). The van der Waals surface area contributed by atoms with Gasteiger partial charge in [0.1, 0.15) is 5.69 Å². The number of fused-ring (bicyclic) bond motifs is 3. The number of benzene rings is 2. The van der Waals surface area contributed by atoms with Crippen molar-refractivity contribution in [1.82, 2.24) is 14.5 Å². The Morgan fingerprint density at radius 3 is 2.48 bits per heavy atom. The van der Waals surface area contributed by atoms with Crippen LogP contribution in [0.3, 0.4) is 0 Å². The molecule has 2 aromatic heterocycles. The molecule has 0 spiro atoms. The van der Waals surface area contributed by atoms with Crippen molar-refractivity contribution in [3.05, 3.63) is 77.7 Å². The molecule has 0 bridgehead atoms. The summed E-state index contributed by atoms with van der Waals surface area (Å²) in [7, 11) is -1.95. The molecule has 0 unspecified atom stereocenters. The third kappa shape index (κ3) is 4.07. The van der Waals surface area contributed by atoms with Crippen LogP contribution in [0.25, 0.3) is 10.9 Å². The van der Waals surface area contributed by atoms with Gasteiger partial charge >= 0.3 is 0 Å². The number of carbonyl (C=O) groups is 1. The molecule has 1 aliphatic carbocycles. The van der Waals surface area contributed by atoms with Crippen molar-refractivity contribution >= 4 is 38.5 Å². The second-order valence-electron chi connectivity index (χ2n) is 8.09. The molecule has 5 rings (SSSR count). The minimum atomic E-state index is -3.84. The first-order valence-corrected chi connectivity index (χ1v) is 12.2. The van der Waals surface area contributed by atoms with E-state index in [1.54, 1.807) is 18.2 Å². The molecule has 2 heterocycles. The number of aromatic nitrogens is 3. The molecule has 8 nitrogen and oxygen atoms in total. The Hall–Kier alpha value is -3.72. The quantitative estimate of drug-likeness (QED) is 0.469. The summed E-state index contributed by atoms with van der Waals surface area (Å²) in [6.07, 6.45) is 7.40. The van der Waals surface area contributed by atoms with E-state index in [1.165, 1.54) is 48.5 Å². The molecular formula is C24H23N5O3S. The maximum absolute atomic E-state index is 13.0. The van der Waals surface area contributed by atoms with Crippen molar-refractivity contribution in [2.45, 2.75) is 30.6 Å². The third-order valence-corrected chi connectivity index (χ3v) is 7.35. The van der Waals surface area contributed by atoms with Crippen LogP contribution < -0.4 is 10.0 Å². The number of sulfonamides is 1. The van der Waals surface area contributed by atoms with E-state index >= 15 is 0 Å². The largest absolute Gasteiger partial charge is 0.340 e. The van der Waals surface area contributed by atoms with Gasteiger partial charge in [0.05, 0.1) is 4.90 Å². The summed E-state index contributed by atoms with van der Waals surface area (Å²) in [5.41, 5.74) is 4.82. The maximum Gasteiger partial charge on any atom is 0.272 e. The predicted molar refractivity (Wildman–Crippen MR) is 127 cm³/mol. The van der Waals surface area contributed by atoms with Gasteiger partial charge < -0.3 is 9.88 Å². The van der Waals surface area contributed by atoms with Gasteiger partial charge in [-0.25, -0.2) is 23.1 Å². The fraction of sp³-hybridized carbons (Fsp3) is 0.208. The van der Waals surface area contributed by atoms with E-state index in [-0.39, 0.29) is 16.8 Å². The lowest BCUT2D eigenvalue weighted by Gasteiger charge is -2.16. The van der Waals surface area contributed by atoms with E-state index in [9.17, 15) is 13.2 Å². The van der Waals surface area contributed by atoms with Gasteiger partial charge in [-0.1, -0.05) is 6.07 Å². The molecule has 168 valence electrons. The zero-order valence-corrected chi connectivity index (χ0v) is 18.9. The van der Waals surface area contributed by atoms with Gasteiger partial charge in [-0.2, -0.15) is 0 Å². The van der Waals surface area contributed by atoms with E-state index in [0.29, 0.717) is 11.4 Å². The summed E-state index contributed by atoms with van der Waals surface area (Å²) in [6, 6.07) is 13.8. The number of hydrogen-bond donors (Lipinski definition) is 2.